The summed E-state index contributed by atoms with van der Waals surface area (Å²) in [5.74, 6) is 2.64. The lowest BCUT2D eigenvalue weighted by atomic mass is 9.74. The summed E-state index contributed by atoms with van der Waals surface area (Å²) in [5.41, 5.74) is 0. The van der Waals surface area contributed by atoms with E-state index in [-0.39, 0.29) is 18.0 Å². The van der Waals surface area contributed by atoms with Crippen molar-refractivity contribution in [2.24, 2.45) is 23.7 Å². The third-order valence-corrected chi connectivity index (χ3v) is 6.35. The molecule has 2 aliphatic carbocycles. The van der Waals surface area contributed by atoms with E-state index < -0.39 is 0 Å². The molecule has 1 heterocycles. The normalized spacial score (nSPS) is 35.2. The van der Waals surface area contributed by atoms with Crippen LogP contribution in [0.2, 0.25) is 0 Å². The summed E-state index contributed by atoms with van der Waals surface area (Å²) < 4.78 is 11.3. The van der Waals surface area contributed by atoms with Crippen LogP contribution in [0.3, 0.4) is 0 Å². The monoisotopic (exact) mass is 352 g/mol. The van der Waals surface area contributed by atoms with Crippen molar-refractivity contribution in [1.82, 2.24) is 0 Å². The number of rotatable bonds is 6. The third-order valence-electron chi connectivity index (χ3n) is 6.35. The van der Waals surface area contributed by atoms with Gasteiger partial charge < -0.3 is 9.47 Å². The molecule has 3 aliphatic rings. The summed E-state index contributed by atoms with van der Waals surface area (Å²) in [6.07, 6.45) is 11.1. The van der Waals surface area contributed by atoms with Crippen LogP contribution < -0.4 is 0 Å². The van der Waals surface area contributed by atoms with Crippen molar-refractivity contribution in [3.8, 4) is 0 Å². The van der Waals surface area contributed by atoms with Gasteiger partial charge in [-0.15, -0.1) is 0 Å². The summed E-state index contributed by atoms with van der Waals surface area (Å²) in [7, 11) is 0. The van der Waals surface area contributed by atoms with Crippen LogP contribution in [0.15, 0.2) is 0 Å². The van der Waals surface area contributed by atoms with Crippen molar-refractivity contribution in [1.29, 1.82) is 0 Å². The predicted molar refractivity (Wildman–Crippen MR) is 102 cm³/mol. The van der Waals surface area contributed by atoms with Gasteiger partial charge in [0.1, 0.15) is 6.10 Å². The molecule has 0 spiro atoms. The van der Waals surface area contributed by atoms with Crippen molar-refractivity contribution in [2.75, 3.05) is 0 Å². The molecule has 0 bridgehead atoms. The Kier molecular flexibility index (Phi) is 8.25. The number of carbonyl (C=O) groups excluding carboxylic acids is 1. The molecule has 0 aromatic heterocycles. The number of hydrogen-bond donors (Lipinski definition) is 0. The highest BCUT2D eigenvalue weighted by Gasteiger charge is 2.45. The minimum Gasteiger partial charge on any atom is -0.462 e. The Hall–Kier alpha value is -0.570. The average molecular weight is 353 g/mol. The van der Waals surface area contributed by atoms with E-state index in [2.05, 4.69) is 20.8 Å². The van der Waals surface area contributed by atoms with Gasteiger partial charge in [0.15, 0.2) is 0 Å². The Morgan fingerprint density at radius 2 is 1.64 bits per heavy atom. The fraction of sp³-hybridized carbons (Fsp3) is 0.955. The first-order valence-electron chi connectivity index (χ1n) is 10.9. The van der Waals surface area contributed by atoms with E-state index in [1.165, 1.54) is 25.7 Å². The lowest BCUT2D eigenvalue weighted by molar-refractivity contribution is -0.156. The van der Waals surface area contributed by atoms with Crippen molar-refractivity contribution >= 4 is 5.97 Å². The van der Waals surface area contributed by atoms with Crippen molar-refractivity contribution in [3.05, 3.63) is 0 Å². The molecule has 0 amide bonds. The van der Waals surface area contributed by atoms with Crippen LogP contribution >= 0.6 is 0 Å². The lowest BCUT2D eigenvalue weighted by Gasteiger charge is -2.32. The highest BCUT2D eigenvalue weighted by molar-refractivity contribution is 5.72. The van der Waals surface area contributed by atoms with Crippen LogP contribution in [0.4, 0.5) is 0 Å². The van der Waals surface area contributed by atoms with Gasteiger partial charge in [-0.25, -0.2) is 0 Å². The van der Waals surface area contributed by atoms with E-state index in [9.17, 15) is 4.79 Å². The number of hydrogen-bond acceptors (Lipinski definition) is 3. The van der Waals surface area contributed by atoms with Crippen LogP contribution in [0.1, 0.15) is 92.4 Å². The van der Waals surface area contributed by atoms with E-state index in [1.54, 1.807) is 0 Å². The fourth-order valence-corrected chi connectivity index (χ4v) is 4.49. The molecule has 1 saturated heterocycles. The molecule has 2 saturated carbocycles. The van der Waals surface area contributed by atoms with E-state index in [4.69, 9.17) is 9.47 Å². The van der Waals surface area contributed by atoms with Gasteiger partial charge in [0.05, 0.1) is 18.1 Å². The van der Waals surface area contributed by atoms with E-state index in [0.717, 1.165) is 49.9 Å². The molecule has 146 valence electrons. The van der Waals surface area contributed by atoms with Crippen LogP contribution in [-0.2, 0) is 14.3 Å². The van der Waals surface area contributed by atoms with Gasteiger partial charge in [-0.1, -0.05) is 47.5 Å². The van der Waals surface area contributed by atoms with Gasteiger partial charge in [0.25, 0.3) is 0 Å². The molecule has 4 unspecified atom stereocenters. The molecular weight excluding hydrogens is 312 g/mol. The number of epoxide rings is 1. The quantitative estimate of drug-likeness (QED) is 0.451. The predicted octanol–water partition coefficient (Wildman–Crippen LogP) is 5.75. The largest absolute Gasteiger partial charge is 0.462 e. The maximum absolute atomic E-state index is 12.4. The summed E-state index contributed by atoms with van der Waals surface area (Å²) in [6.45, 7) is 11.0. The Morgan fingerprint density at radius 1 is 0.960 bits per heavy atom. The number of ether oxygens (including phenoxy) is 2. The standard InChI is InChI=1S/C20H34O3.C2H6/c1-13(2)4-5-14(3)15-6-8-16(9-7-15)20(21)22-17-10-11-18-19(12-17)23-18;1-2/h13-19H,4-12H2,1-3H3;1-2H3. The van der Waals surface area contributed by atoms with Crippen molar-refractivity contribution in [2.45, 2.75) is 111 Å². The van der Waals surface area contributed by atoms with Crippen LogP contribution in [-0.4, -0.2) is 24.3 Å². The molecule has 3 rings (SSSR count). The average Bonchev–Trinajstić information content (AvgIpc) is 3.40. The topological polar surface area (TPSA) is 38.8 Å². The van der Waals surface area contributed by atoms with Gasteiger partial charge in [-0.2, -0.15) is 0 Å². The highest BCUT2D eigenvalue weighted by Crippen LogP contribution is 2.39. The number of esters is 1. The molecule has 1 aliphatic heterocycles. The second kappa shape index (κ2) is 9.94. The molecule has 25 heavy (non-hydrogen) atoms. The molecule has 3 fully saturated rings. The highest BCUT2D eigenvalue weighted by atomic mass is 16.6. The maximum Gasteiger partial charge on any atom is 0.309 e. The molecule has 0 aromatic rings. The van der Waals surface area contributed by atoms with Gasteiger partial charge in [-0.05, 0) is 56.3 Å². The molecule has 0 N–H and O–H groups in total. The fourth-order valence-electron chi connectivity index (χ4n) is 4.49. The molecule has 3 heteroatoms. The summed E-state index contributed by atoms with van der Waals surface area (Å²) >= 11 is 0. The smallest absolute Gasteiger partial charge is 0.309 e. The maximum atomic E-state index is 12.4. The molecule has 3 nitrogen and oxygen atoms in total. The van der Waals surface area contributed by atoms with Crippen LogP contribution in [0.5, 0.6) is 0 Å². The summed E-state index contributed by atoms with van der Waals surface area (Å²) in [4.78, 5) is 12.4. The minimum atomic E-state index is 0.0717. The Balaban J connectivity index is 0.00000109. The zero-order valence-electron chi connectivity index (χ0n) is 17.1. The first kappa shape index (κ1) is 20.7. The Labute approximate surface area is 155 Å². The second-order valence-corrected chi connectivity index (χ2v) is 8.65. The second-order valence-electron chi connectivity index (χ2n) is 8.65. The van der Waals surface area contributed by atoms with Gasteiger partial charge in [0.2, 0.25) is 0 Å². The third kappa shape index (κ3) is 6.27. The Bertz CT molecular complexity index is 398. The number of carbonyl (C=O) groups is 1. The molecule has 4 atom stereocenters. The van der Waals surface area contributed by atoms with Crippen molar-refractivity contribution in [3.63, 3.8) is 0 Å². The zero-order chi connectivity index (χ0) is 18.4. The van der Waals surface area contributed by atoms with Crippen LogP contribution in [0, 0.1) is 23.7 Å². The number of fused-ring (bicyclic) bond motifs is 1. The Morgan fingerprint density at radius 3 is 2.24 bits per heavy atom. The van der Waals surface area contributed by atoms with Gasteiger partial charge in [0, 0.05) is 6.42 Å². The van der Waals surface area contributed by atoms with E-state index in [1.807, 2.05) is 13.8 Å². The van der Waals surface area contributed by atoms with E-state index >= 15 is 0 Å². The van der Waals surface area contributed by atoms with Gasteiger partial charge in [-0.3, -0.25) is 4.79 Å². The van der Waals surface area contributed by atoms with Gasteiger partial charge >= 0.3 is 5.97 Å². The first-order valence-corrected chi connectivity index (χ1v) is 10.9. The van der Waals surface area contributed by atoms with Crippen molar-refractivity contribution < 1.29 is 14.3 Å². The first-order chi connectivity index (χ1) is 12.0. The summed E-state index contributed by atoms with van der Waals surface area (Å²) in [5, 5.41) is 0. The SMILES string of the molecule is CC.CC(C)CCC(C)C1CCC(C(=O)OC2CCC3OC3C2)CC1. The minimum absolute atomic E-state index is 0.0717. The molecule has 0 aromatic carbocycles. The molecule has 0 radical (unpaired) electrons. The van der Waals surface area contributed by atoms with E-state index in [0.29, 0.717) is 12.2 Å². The lowest BCUT2D eigenvalue weighted by Crippen LogP contribution is -2.31. The summed E-state index contributed by atoms with van der Waals surface area (Å²) in [6, 6.07) is 0. The molecular formula is C22H40O3. The zero-order valence-corrected chi connectivity index (χ0v) is 17.1. The van der Waals surface area contributed by atoms with Crippen LogP contribution in [0.25, 0.3) is 0 Å².